The lowest BCUT2D eigenvalue weighted by atomic mass is 10.1. The van der Waals surface area contributed by atoms with Gasteiger partial charge >= 0.3 is 5.97 Å². The van der Waals surface area contributed by atoms with Gasteiger partial charge in [-0.3, -0.25) is 0 Å². The molecule has 2 nitrogen and oxygen atoms in total. The largest absolute Gasteiger partial charge is 0.428 e. The highest BCUT2D eigenvalue weighted by Gasteiger charge is 2.16. The average Bonchev–Trinajstić information content (AvgIpc) is 2.38. The van der Waals surface area contributed by atoms with E-state index in [-0.39, 0.29) is 24.8 Å². The molecular weight excluding hydrogens is 238 g/mol. The average molecular weight is 254 g/mol. The van der Waals surface area contributed by atoms with Crippen molar-refractivity contribution in [1.29, 1.82) is 0 Å². The maximum Gasteiger partial charge on any atom is 0.340 e. The van der Waals surface area contributed by atoms with Crippen LogP contribution in [0.15, 0.2) is 43.0 Å². The minimum atomic E-state index is -1.78. The summed E-state index contributed by atoms with van der Waals surface area (Å²) >= 11 is 0. The van der Waals surface area contributed by atoms with Crippen molar-refractivity contribution in [2.75, 3.05) is 0 Å². The maximum atomic E-state index is 13.3. The van der Waals surface area contributed by atoms with Crippen LogP contribution in [0, 0.1) is 0 Å². The fourth-order valence-electron chi connectivity index (χ4n) is 1.43. The van der Waals surface area contributed by atoms with Gasteiger partial charge in [0, 0.05) is 6.42 Å². The van der Waals surface area contributed by atoms with E-state index in [1.807, 2.05) is 0 Å². The molecule has 0 aliphatic rings. The van der Waals surface area contributed by atoms with Gasteiger partial charge in [0.2, 0.25) is 6.36 Å². The second-order valence-corrected chi connectivity index (χ2v) is 3.88. The topological polar surface area (TPSA) is 26.3 Å². The number of carbonyl (C=O) groups is 1. The molecule has 0 bridgehead atoms. The Morgan fingerprint density at radius 3 is 2.56 bits per heavy atom. The number of hydrogen-bond acceptors (Lipinski definition) is 2. The normalized spacial score (nSPS) is 13.7. The summed E-state index contributed by atoms with van der Waals surface area (Å²) in [7, 11) is 0. The molecule has 0 N–H and O–H groups in total. The maximum absolute atomic E-state index is 13.3. The SMILES string of the molecule is C=CCC(F)CCC(F)OC(=O)c1ccccc1. The van der Waals surface area contributed by atoms with Crippen LogP contribution in [0.1, 0.15) is 29.6 Å². The first-order chi connectivity index (χ1) is 8.63. The van der Waals surface area contributed by atoms with Gasteiger partial charge in [0.25, 0.3) is 0 Å². The van der Waals surface area contributed by atoms with Crippen LogP contribution in [0.5, 0.6) is 0 Å². The molecular formula is C14H16F2O2. The Bertz CT molecular complexity index is 379. The minimum absolute atomic E-state index is 0.00918. The van der Waals surface area contributed by atoms with Gasteiger partial charge in [-0.15, -0.1) is 6.58 Å². The number of rotatable bonds is 7. The number of hydrogen-bond donors (Lipinski definition) is 0. The smallest absolute Gasteiger partial charge is 0.340 e. The zero-order valence-electron chi connectivity index (χ0n) is 10.0. The summed E-state index contributed by atoms with van der Waals surface area (Å²) in [6.45, 7) is 3.40. The highest BCUT2D eigenvalue weighted by atomic mass is 19.1. The second-order valence-electron chi connectivity index (χ2n) is 3.88. The molecule has 0 spiro atoms. The third kappa shape index (κ3) is 5.08. The molecule has 98 valence electrons. The molecule has 0 radical (unpaired) electrons. The van der Waals surface area contributed by atoms with Gasteiger partial charge in [-0.25, -0.2) is 13.6 Å². The molecule has 4 heteroatoms. The Balaban J connectivity index is 2.34. The summed E-state index contributed by atoms with van der Waals surface area (Å²) < 4.78 is 30.9. The van der Waals surface area contributed by atoms with Crippen molar-refractivity contribution in [2.45, 2.75) is 31.8 Å². The molecule has 0 aliphatic carbocycles. The van der Waals surface area contributed by atoms with Crippen molar-refractivity contribution in [3.8, 4) is 0 Å². The van der Waals surface area contributed by atoms with Gasteiger partial charge in [0.1, 0.15) is 6.17 Å². The van der Waals surface area contributed by atoms with E-state index in [0.717, 1.165) is 0 Å². The summed E-state index contributed by atoms with van der Waals surface area (Å²) in [5.74, 6) is -0.734. The molecule has 1 aromatic carbocycles. The zero-order chi connectivity index (χ0) is 13.4. The Morgan fingerprint density at radius 1 is 1.28 bits per heavy atom. The molecule has 0 amide bonds. The van der Waals surface area contributed by atoms with E-state index in [9.17, 15) is 13.6 Å². The van der Waals surface area contributed by atoms with Crippen molar-refractivity contribution in [2.24, 2.45) is 0 Å². The predicted molar refractivity (Wildman–Crippen MR) is 65.7 cm³/mol. The van der Waals surface area contributed by atoms with Crippen LogP contribution in [-0.4, -0.2) is 18.5 Å². The summed E-state index contributed by atoms with van der Waals surface area (Å²) in [4.78, 5) is 11.5. The molecule has 1 aromatic rings. The molecule has 1 rings (SSSR count). The fourth-order valence-corrected chi connectivity index (χ4v) is 1.43. The molecule has 0 saturated carbocycles. The standard InChI is InChI=1S/C14H16F2O2/c1-2-6-12(15)9-10-13(16)18-14(17)11-7-4-3-5-8-11/h2-5,7-8,12-13H,1,6,9-10H2. The van der Waals surface area contributed by atoms with Gasteiger partial charge in [0.05, 0.1) is 5.56 Å². The molecule has 18 heavy (non-hydrogen) atoms. The molecule has 0 aromatic heterocycles. The lowest BCUT2D eigenvalue weighted by Gasteiger charge is -2.11. The number of allylic oxidation sites excluding steroid dienone is 1. The second kappa shape index (κ2) is 7.58. The molecule has 0 saturated heterocycles. The summed E-state index contributed by atoms with van der Waals surface area (Å²) in [5.41, 5.74) is 0.281. The first kappa shape index (κ1) is 14.4. The Kier molecular flexibility index (Phi) is 6.05. The zero-order valence-corrected chi connectivity index (χ0v) is 10.0. The number of alkyl halides is 2. The van der Waals surface area contributed by atoms with E-state index < -0.39 is 18.5 Å². The number of benzene rings is 1. The number of halogens is 2. The molecule has 0 fully saturated rings. The van der Waals surface area contributed by atoms with Crippen LogP contribution in [0.4, 0.5) is 8.78 Å². The molecule has 2 unspecified atom stereocenters. The monoisotopic (exact) mass is 254 g/mol. The molecule has 0 aliphatic heterocycles. The lowest BCUT2D eigenvalue weighted by molar-refractivity contribution is -0.0218. The third-order valence-electron chi connectivity index (χ3n) is 2.37. The predicted octanol–water partition coefficient (Wildman–Crippen LogP) is 3.83. The minimum Gasteiger partial charge on any atom is -0.428 e. The quantitative estimate of drug-likeness (QED) is 0.546. The van der Waals surface area contributed by atoms with Gasteiger partial charge in [-0.1, -0.05) is 24.3 Å². The van der Waals surface area contributed by atoms with Crippen LogP contribution >= 0.6 is 0 Å². The first-order valence-electron chi connectivity index (χ1n) is 5.78. The van der Waals surface area contributed by atoms with Crippen molar-refractivity contribution in [3.63, 3.8) is 0 Å². The van der Waals surface area contributed by atoms with E-state index in [1.54, 1.807) is 18.2 Å². The summed E-state index contributed by atoms with van der Waals surface area (Å²) in [6.07, 6.45) is -1.44. The number of esters is 1. The van der Waals surface area contributed by atoms with E-state index in [1.165, 1.54) is 18.2 Å². The van der Waals surface area contributed by atoms with E-state index in [4.69, 9.17) is 0 Å². The summed E-state index contributed by atoms with van der Waals surface area (Å²) in [6, 6.07) is 8.12. The Morgan fingerprint density at radius 2 is 1.94 bits per heavy atom. The van der Waals surface area contributed by atoms with Crippen LogP contribution < -0.4 is 0 Å². The van der Waals surface area contributed by atoms with E-state index >= 15 is 0 Å². The van der Waals surface area contributed by atoms with Crippen molar-refractivity contribution in [1.82, 2.24) is 0 Å². The van der Waals surface area contributed by atoms with Gasteiger partial charge in [0.15, 0.2) is 0 Å². The molecule has 2 atom stereocenters. The summed E-state index contributed by atoms with van der Waals surface area (Å²) in [5, 5.41) is 0. The highest BCUT2D eigenvalue weighted by molar-refractivity contribution is 5.89. The Hall–Kier alpha value is -1.71. The van der Waals surface area contributed by atoms with Gasteiger partial charge < -0.3 is 4.74 Å². The fraction of sp³-hybridized carbons (Fsp3) is 0.357. The van der Waals surface area contributed by atoms with E-state index in [0.29, 0.717) is 0 Å². The number of carbonyl (C=O) groups excluding carboxylic acids is 1. The number of ether oxygens (including phenoxy) is 1. The van der Waals surface area contributed by atoms with Crippen molar-refractivity contribution in [3.05, 3.63) is 48.6 Å². The van der Waals surface area contributed by atoms with Crippen molar-refractivity contribution >= 4 is 5.97 Å². The Labute approximate surface area is 105 Å². The third-order valence-corrected chi connectivity index (χ3v) is 2.37. The lowest BCUT2D eigenvalue weighted by Crippen LogP contribution is -2.15. The molecule has 0 heterocycles. The van der Waals surface area contributed by atoms with Gasteiger partial charge in [-0.05, 0) is 25.0 Å². The van der Waals surface area contributed by atoms with Gasteiger partial charge in [-0.2, -0.15) is 0 Å². The van der Waals surface area contributed by atoms with Crippen molar-refractivity contribution < 1.29 is 18.3 Å². The van der Waals surface area contributed by atoms with Crippen LogP contribution in [0.2, 0.25) is 0 Å². The van der Waals surface area contributed by atoms with Crippen LogP contribution in [0.3, 0.4) is 0 Å². The van der Waals surface area contributed by atoms with Crippen LogP contribution in [0.25, 0.3) is 0 Å². The van der Waals surface area contributed by atoms with E-state index in [2.05, 4.69) is 11.3 Å². The van der Waals surface area contributed by atoms with Crippen LogP contribution in [-0.2, 0) is 4.74 Å². The first-order valence-corrected chi connectivity index (χ1v) is 5.78. The highest BCUT2D eigenvalue weighted by Crippen LogP contribution is 2.14.